The van der Waals surface area contributed by atoms with Gasteiger partial charge in [0, 0.05) is 0 Å². The summed E-state index contributed by atoms with van der Waals surface area (Å²) in [6.45, 7) is 0. The zero-order chi connectivity index (χ0) is 11.1. The lowest BCUT2D eigenvalue weighted by atomic mass is 10.1. The van der Waals surface area contributed by atoms with Crippen molar-refractivity contribution in [3.8, 4) is 0 Å². The first-order valence-corrected chi connectivity index (χ1v) is 5.91. The summed E-state index contributed by atoms with van der Waals surface area (Å²) >= 11 is 3.30. The molecule has 0 heterocycles. The van der Waals surface area contributed by atoms with E-state index in [4.69, 9.17) is 0 Å². The smallest absolute Gasteiger partial charge is 0.319 e. The van der Waals surface area contributed by atoms with Crippen LogP contribution in [0.15, 0.2) is 30.3 Å². The van der Waals surface area contributed by atoms with Crippen LogP contribution in [0.2, 0.25) is 0 Å². The molecular weight excluding hydrogens is 256 g/mol. The molecule has 1 aromatic rings. The number of carbonyl (C=O) groups excluding carboxylic acids is 1. The Labute approximate surface area is 98.8 Å². The summed E-state index contributed by atoms with van der Waals surface area (Å²) < 4.78 is 4.63. The van der Waals surface area contributed by atoms with E-state index in [-0.39, 0.29) is 10.8 Å². The number of hydrogen-bond acceptors (Lipinski definition) is 2. The number of halogens is 1. The van der Waals surface area contributed by atoms with Crippen LogP contribution < -0.4 is 0 Å². The zero-order valence-electron chi connectivity index (χ0n) is 8.78. The Balaban J connectivity index is 2.25. The number of hydrogen-bond donors (Lipinski definition) is 0. The van der Waals surface area contributed by atoms with Crippen molar-refractivity contribution in [3.05, 3.63) is 35.9 Å². The molecule has 1 rings (SSSR count). The SMILES string of the molecule is COC(=O)C(Br)CCCc1ccccc1. The average Bonchev–Trinajstić information content (AvgIpc) is 2.29. The minimum atomic E-state index is -0.192. The van der Waals surface area contributed by atoms with E-state index in [1.165, 1.54) is 12.7 Å². The first kappa shape index (κ1) is 12.2. The van der Waals surface area contributed by atoms with Gasteiger partial charge in [-0.15, -0.1) is 0 Å². The fourth-order valence-corrected chi connectivity index (χ4v) is 1.89. The summed E-state index contributed by atoms with van der Waals surface area (Å²) in [7, 11) is 1.41. The van der Waals surface area contributed by atoms with Crippen molar-refractivity contribution in [2.75, 3.05) is 7.11 Å². The fourth-order valence-electron chi connectivity index (χ4n) is 1.38. The largest absolute Gasteiger partial charge is 0.468 e. The zero-order valence-corrected chi connectivity index (χ0v) is 10.4. The van der Waals surface area contributed by atoms with Gasteiger partial charge in [0.2, 0.25) is 0 Å². The van der Waals surface area contributed by atoms with E-state index in [0.717, 1.165) is 19.3 Å². The van der Waals surface area contributed by atoms with Crippen molar-refractivity contribution in [1.82, 2.24) is 0 Å². The minimum Gasteiger partial charge on any atom is -0.468 e. The normalized spacial score (nSPS) is 12.1. The van der Waals surface area contributed by atoms with Crippen LogP contribution >= 0.6 is 15.9 Å². The Kier molecular flexibility index (Phi) is 5.40. The van der Waals surface area contributed by atoms with Gasteiger partial charge in [-0.1, -0.05) is 46.3 Å². The number of rotatable bonds is 5. The minimum absolute atomic E-state index is 0.175. The van der Waals surface area contributed by atoms with Crippen LogP contribution in [0.4, 0.5) is 0 Å². The highest BCUT2D eigenvalue weighted by Gasteiger charge is 2.13. The lowest BCUT2D eigenvalue weighted by molar-refractivity contribution is -0.139. The van der Waals surface area contributed by atoms with Crippen LogP contribution in [0.1, 0.15) is 18.4 Å². The maximum atomic E-state index is 11.1. The highest BCUT2D eigenvalue weighted by Crippen LogP contribution is 2.12. The van der Waals surface area contributed by atoms with Gasteiger partial charge < -0.3 is 4.74 Å². The lowest BCUT2D eigenvalue weighted by Crippen LogP contribution is -2.15. The van der Waals surface area contributed by atoms with E-state index in [1.807, 2.05) is 18.2 Å². The molecule has 0 aliphatic heterocycles. The maximum Gasteiger partial charge on any atom is 0.319 e. The first-order chi connectivity index (χ1) is 7.24. The van der Waals surface area contributed by atoms with Crippen LogP contribution in [0.25, 0.3) is 0 Å². The Hall–Kier alpha value is -0.830. The molecule has 3 heteroatoms. The van der Waals surface area contributed by atoms with Gasteiger partial charge >= 0.3 is 5.97 Å². The lowest BCUT2D eigenvalue weighted by Gasteiger charge is -2.06. The van der Waals surface area contributed by atoms with E-state index in [0.29, 0.717) is 0 Å². The summed E-state index contributed by atoms with van der Waals surface area (Å²) in [4.78, 5) is 10.9. The Bertz CT molecular complexity index is 298. The highest BCUT2D eigenvalue weighted by molar-refractivity contribution is 9.10. The summed E-state index contributed by atoms with van der Waals surface area (Å²) in [6, 6.07) is 10.3. The predicted molar refractivity (Wildman–Crippen MR) is 64.1 cm³/mol. The number of esters is 1. The Morgan fingerprint density at radius 1 is 1.40 bits per heavy atom. The van der Waals surface area contributed by atoms with E-state index in [2.05, 4.69) is 32.8 Å². The Morgan fingerprint density at radius 3 is 2.67 bits per heavy atom. The molecule has 0 bridgehead atoms. The molecule has 0 saturated heterocycles. The molecule has 0 radical (unpaired) electrons. The quantitative estimate of drug-likeness (QED) is 0.608. The monoisotopic (exact) mass is 270 g/mol. The van der Waals surface area contributed by atoms with Gasteiger partial charge in [0.1, 0.15) is 4.83 Å². The number of aryl methyl sites for hydroxylation is 1. The molecule has 0 aliphatic carbocycles. The van der Waals surface area contributed by atoms with Crippen molar-refractivity contribution in [2.24, 2.45) is 0 Å². The first-order valence-electron chi connectivity index (χ1n) is 5.00. The third-order valence-corrected chi connectivity index (χ3v) is 3.05. The fraction of sp³-hybridized carbons (Fsp3) is 0.417. The van der Waals surface area contributed by atoms with Crippen LogP contribution in [0.5, 0.6) is 0 Å². The molecule has 0 spiro atoms. The van der Waals surface area contributed by atoms with Gasteiger partial charge in [0.05, 0.1) is 7.11 Å². The molecule has 0 N–H and O–H groups in total. The van der Waals surface area contributed by atoms with Crippen LogP contribution in [0, 0.1) is 0 Å². The van der Waals surface area contributed by atoms with Gasteiger partial charge in [-0.2, -0.15) is 0 Å². The van der Waals surface area contributed by atoms with Gasteiger partial charge in [0.25, 0.3) is 0 Å². The van der Waals surface area contributed by atoms with E-state index in [1.54, 1.807) is 0 Å². The van der Waals surface area contributed by atoms with Gasteiger partial charge in [0.15, 0.2) is 0 Å². The van der Waals surface area contributed by atoms with Gasteiger partial charge in [-0.3, -0.25) is 4.79 Å². The molecular formula is C12H15BrO2. The van der Waals surface area contributed by atoms with Crippen LogP contribution in [-0.2, 0) is 16.0 Å². The van der Waals surface area contributed by atoms with Crippen molar-refractivity contribution in [3.63, 3.8) is 0 Å². The molecule has 1 atom stereocenters. The third kappa shape index (κ3) is 4.47. The summed E-state index contributed by atoms with van der Waals surface area (Å²) in [5.74, 6) is -0.192. The second-order valence-corrected chi connectivity index (χ2v) is 4.47. The number of ether oxygens (including phenoxy) is 1. The summed E-state index contributed by atoms with van der Waals surface area (Å²) in [5, 5.41) is 0. The van der Waals surface area contributed by atoms with Gasteiger partial charge in [-0.05, 0) is 24.8 Å². The van der Waals surface area contributed by atoms with Crippen molar-refractivity contribution >= 4 is 21.9 Å². The standard InChI is InChI=1S/C12H15BrO2/c1-15-12(14)11(13)9-5-8-10-6-3-2-4-7-10/h2-4,6-7,11H,5,8-9H2,1H3. The maximum absolute atomic E-state index is 11.1. The number of carbonyl (C=O) groups is 1. The molecule has 2 nitrogen and oxygen atoms in total. The van der Waals surface area contributed by atoms with Crippen molar-refractivity contribution in [2.45, 2.75) is 24.1 Å². The topological polar surface area (TPSA) is 26.3 Å². The molecule has 0 saturated carbocycles. The summed E-state index contributed by atoms with van der Waals surface area (Å²) in [5.41, 5.74) is 1.31. The molecule has 1 aromatic carbocycles. The molecule has 0 amide bonds. The highest BCUT2D eigenvalue weighted by atomic mass is 79.9. The predicted octanol–water partition coefficient (Wildman–Crippen LogP) is 2.95. The van der Waals surface area contributed by atoms with E-state index >= 15 is 0 Å². The van der Waals surface area contributed by atoms with E-state index in [9.17, 15) is 4.79 Å². The molecule has 0 aliphatic rings. The molecule has 15 heavy (non-hydrogen) atoms. The van der Waals surface area contributed by atoms with Crippen LogP contribution in [-0.4, -0.2) is 17.9 Å². The summed E-state index contributed by atoms with van der Waals surface area (Å²) in [6.07, 6.45) is 2.79. The second-order valence-electron chi connectivity index (χ2n) is 3.37. The second kappa shape index (κ2) is 6.62. The van der Waals surface area contributed by atoms with Crippen LogP contribution in [0.3, 0.4) is 0 Å². The molecule has 0 aromatic heterocycles. The molecule has 0 fully saturated rings. The average molecular weight is 271 g/mol. The number of methoxy groups -OCH3 is 1. The molecule has 82 valence electrons. The van der Waals surface area contributed by atoms with Crippen molar-refractivity contribution in [1.29, 1.82) is 0 Å². The third-order valence-electron chi connectivity index (χ3n) is 2.22. The number of benzene rings is 1. The van der Waals surface area contributed by atoms with E-state index < -0.39 is 0 Å². The van der Waals surface area contributed by atoms with Gasteiger partial charge in [-0.25, -0.2) is 0 Å². The Morgan fingerprint density at radius 2 is 2.07 bits per heavy atom. The molecule has 1 unspecified atom stereocenters. The number of alkyl halides is 1. The van der Waals surface area contributed by atoms with Crippen molar-refractivity contribution < 1.29 is 9.53 Å².